The molecule has 1 fully saturated rings. The van der Waals surface area contributed by atoms with Gasteiger partial charge in [0.25, 0.3) is 11.8 Å². The van der Waals surface area contributed by atoms with Gasteiger partial charge in [-0.05, 0) is 48.9 Å². The van der Waals surface area contributed by atoms with E-state index in [0.717, 1.165) is 4.90 Å². The molecule has 1 saturated heterocycles. The van der Waals surface area contributed by atoms with Gasteiger partial charge in [0.05, 0.1) is 32.4 Å². The first-order valence-electron chi connectivity index (χ1n) is 8.21. The molecule has 6 nitrogen and oxygen atoms in total. The number of imide groups is 2. The fraction of sp³-hybridized carbons (Fsp3) is 0.105. The van der Waals surface area contributed by atoms with E-state index in [1.54, 1.807) is 6.92 Å². The molecule has 0 aromatic heterocycles. The number of nitrogens with one attached hydrogen (secondary N) is 1. The van der Waals surface area contributed by atoms with E-state index < -0.39 is 17.8 Å². The summed E-state index contributed by atoms with van der Waals surface area (Å²) in [7, 11) is 0. The average molecular weight is 474 g/mol. The number of rotatable bonds is 4. The Kier molecular flexibility index (Phi) is 6.39. The minimum Gasteiger partial charge on any atom is -0.491 e. The molecule has 1 aliphatic heterocycles. The van der Waals surface area contributed by atoms with Gasteiger partial charge in [-0.1, -0.05) is 46.4 Å². The number of carbonyl (C=O) groups excluding carboxylic acids is 3. The Morgan fingerprint density at radius 3 is 2.21 bits per heavy atom. The molecular weight excluding hydrogens is 462 g/mol. The molecule has 0 radical (unpaired) electrons. The Morgan fingerprint density at radius 2 is 1.62 bits per heavy atom. The molecule has 0 aliphatic carbocycles. The molecule has 150 valence electrons. The monoisotopic (exact) mass is 472 g/mol. The van der Waals surface area contributed by atoms with Crippen LogP contribution in [0.2, 0.25) is 20.1 Å². The molecule has 10 heteroatoms. The van der Waals surface area contributed by atoms with E-state index in [2.05, 4.69) is 5.32 Å². The first-order valence-corrected chi connectivity index (χ1v) is 9.72. The Morgan fingerprint density at radius 1 is 0.966 bits per heavy atom. The Labute approximate surface area is 185 Å². The quantitative estimate of drug-likeness (QED) is 0.478. The van der Waals surface area contributed by atoms with E-state index in [4.69, 9.17) is 51.1 Å². The molecule has 2 aromatic rings. The number of anilines is 1. The van der Waals surface area contributed by atoms with Gasteiger partial charge in [-0.3, -0.25) is 14.9 Å². The number of urea groups is 1. The lowest BCUT2D eigenvalue weighted by atomic mass is 10.1. The fourth-order valence-corrected chi connectivity index (χ4v) is 3.53. The van der Waals surface area contributed by atoms with Crippen LogP contribution in [0, 0.1) is 0 Å². The topological polar surface area (TPSA) is 75.7 Å². The van der Waals surface area contributed by atoms with Gasteiger partial charge in [0, 0.05) is 0 Å². The molecule has 0 unspecified atom stereocenters. The van der Waals surface area contributed by atoms with Crippen molar-refractivity contribution in [2.24, 2.45) is 0 Å². The lowest BCUT2D eigenvalue weighted by Crippen LogP contribution is -2.54. The summed E-state index contributed by atoms with van der Waals surface area (Å²) in [5.74, 6) is -1.39. The van der Waals surface area contributed by atoms with Gasteiger partial charge >= 0.3 is 6.03 Å². The Balaban J connectivity index is 2.02. The van der Waals surface area contributed by atoms with E-state index in [1.165, 1.54) is 36.4 Å². The van der Waals surface area contributed by atoms with Crippen molar-refractivity contribution in [1.29, 1.82) is 0 Å². The minimum atomic E-state index is -0.904. The Bertz CT molecular complexity index is 1050. The van der Waals surface area contributed by atoms with E-state index in [1.807, 2.05) is 0 Å². The lowest BCUT2D eigenvalue weighted by Gasteiger charge is -2.26. The molecule has 0 atom stereocenters. The fourth-order valence-electron chi connectivity index (χ4n) is 2.63. The number of carbonyl (C=O) groups is 3. The third-order valence-corrected chi connectivity index (χ3v) is 5.18. The zero-order chi connectivity index (χ0) is 21.3. The number of barbiturate groups is 1. The Hall–Kier alpha value is -2.25. The summed E-state index contributed by atoms with van der Waals surface area (Å²) < 4.78 is 5.36. The maximum atomic E-state index is 12.9. The van der Waals surface area contributed by atoms with Gasteiger partial charge in [0.15, 0.2) is 5.75 Å². The molecule has 1 N–H and O–H groups in total. The van der Waals surface area contributed by atoms with Gasteiger partial charge in [-0.15, -0.1) is 0 Å². The van der Waals surface area contributed by atoms with Gasteiger partial charge in [0.1, 0.15) is 5.57 Å². The van der Waals surface area contributed by atoms with Gasteiger partial charge in [-0.25, -0.2) is 9.69 Å². The average Bonchev–Trinajstić information content (AvgIpc) is 2.64. The highest BCUT2D eigenvalue weighted by Crippen LogP contribution is 2.35. The van der Waals surface area contributed by atoms with Crippen molar-refractivity contribution in [3.8, 4) is 5.75 Å². The zero-order valence-electron chi connectivity index (χ0n) is 14.8. The number of benzene rings is 2. The van der Waals surface area contributed by atoms with Crippen LogP contribution in [-0.4, -0.2) is 24.5 Å². The van der Waals surface area contributed by atoms with Crippen LogP contribution >= 0.6 is 46.4 Å². The lowest BCUT2D eigenvalue weighted by molar-refractivity contribution is -0.122. The predicted octanol–water partition coefficient (Wildman–Crippen LogP) is 5.37. The largest absolute Gasteiger partial charge is 0.491 e. The number of hydrogen-bond acceptors (Lipinski definition) is 4. The van der Waals surface area contributed by atoms with Crippen molar-refractivity contribution in [3.05, 3.63) is 61.6 Å². The number of nitrogens with zero attached hydrogens (tertiary/aromatic N) is 1. The van der Waals surface area contributed by atoms with Crippen molar-refractivity contribution in [2.75, 3.05) is 11.5 Å². The van der Waals surface area contributed by atoms with E-state index in [9.17, 15) is 14.4 Å². The van der Waals surface area contributed by atoms with Crippen molar-refractivity contribution in [1.82, 2.24) is 5.32 Å². The van der Waals surface area contributed by atoms with Gasteiger partial charge in [-0.2, -0.15) is 0 Å². The second-order valence-electron chi connectivity index (χ2n) is 5.80. The number of amides is 4. The summed E-state index contributed by atoms with van der Waals surface area (Å²) in [6, 6.07) is 6.30. The third kappa shape index (κ3) is 4.36. The molecule has 1 aliphatic rings. The summed E-state index contributed by atoms with van der Waals surface area (Å²) in [5, 5.41) is 2.95. The van der Waals surface area contributed by atoms with Crippen LogP contribution in [0.15, 0.2) is 35.9 Å². The van der Waals surface area contributed by atoms with Crippen molar-refractivity contribution in [3.63, 3.8) is 0 Å². The van der Waals surface area contributed by atoms with Crippen LogP contribution in [0.4, 0.5) is 10.5 Å². The van der Waals surface area contributed by atoms with Crippen LogP contribution in [0.3, 0.4) is 0 Å². The normalized spacial score (nSPS) is 15.7. The van der Waals surface area contributed by atoms with E-state index >= 15 is 0 Å². The minimum absolute atomic E-state index is 0.150. The highest BCUT2D eigenvalue weighted by molar-refractivity contribution is 6.43. The van der Waals surface area contributed by atoms with Crippen molar-refractivity contribution in [2.45, 2.75) is 6.92 Å². The maximum Gasteiger partial charge on any atom is 0.335 e. The maximum absolute atomic E-state index is 12.9. The molecule has 2 aromatic carbocycles. The second kappa shape index (κ2) is 8.63. The molecule has 4 amide bonds. The smallest absolute Gasteiger partial charge is 0.335 e. The first kappa shape index (κ1) is 21.5. The van der Waals surface area contributed by atoms with E-state index in [-0.39, 0.29) is 31.4 Å². The summed E-state index contributed by atoms with van der Waals surface area (Å²) in [6.45, 7) is 2.14. The highest BCUT2D eigenvalue weighted by Gasteiger charge is 2.37. The molecule has 1 heterocycles. The van der Waals surface area contributed by atoms with Crippen LogP contribution < -0.4 is 15.0 Å². The number of halogens is 4. The molecule has 0 bridgehead atoms. The standard InChI is InChI=1S/C19H12Cl4N2O4/c1-2-29-16-14(22)6-9(7-15(16)23)5-11-17(26)24-19(28)25(18(11)27)10-3-4-12(20)13(21)8-10/h3-8H,2H2,1H3,(H,24,26,28)/b11-5+. The molecular formula is C19H12Cl4N2O4. The number of ether oxygens (including phenoxy) is 1. The molecule has 0 saturated carbocycles. The van der Waals surface area contributed by atoms with Crippen molar-refractivity contribution >= 4 is 76.0 Å². The highest BCUT2D eigenvalue weighted by atomic mass is 35.5. The summed E-state index contributed by atoms with van der Waals surface area (Å²) >= 11 is 24.2. The summed E-state index contributed by atoms with van der Waals surface area (Å²) in [4.78, 5) is 38.2. The van der Waals surface area contributed by atoms with Crippen LogP contribution in [0.1, 0.15) is 12.5 Å². The number of hydrogen-bond donors (Lipinski definition) is 1. The summed E-state index contributed by atoms with van der Waals surface area (Å²) in [5.41, 5.74) is 0.250. The summed E-state index contributed by atoms with van der Waals surface area (Å²) in [6.07, 6.45) is 1.28. The predicted molar refractivity (Wildman–Crippen MR) is 113 cm³/mol. The zero-order valence-corrected chi connectivity index (χ0v) is 17.8. The van der Waals surface area contributed by atoms with Crippen LogP contribution in [-0.2, 0) is 9.59 Å². The van der Waals surface area contributed by atoms with Gasteiger partial charge in [0.2, 0.25) is 0 Å². The van der Waals surface area contributed by atoms with E-state index in [0.29, 0.717) is 17.9 Å². The molecule has 0 spiro atoms. The van der Waals surface area contributed by atoms with Crippen LogP contribution in [0.5, 0.6) is 5.75 Å². The SMILES string of the molecule is CCOc1c(Cl)cc(/C=C2\C(=O)NC(=O)N(c3ccc(Cl)c(Cl)c3)C2=O)cc1Cl. The van der Waals surface area contributed by atoms with Crippen molar-refractivity contribution < 1.29 is 19.1 Å². The molecule has 3 rings (SSSR count). The second-order valence-corrected chi connectivity index (χ2v) is 7.43. The van der Waals surface area contributed by atoms with Gasteiger partial charge < -0.3 is 4.74 Å². The molecule has 29 heavy (non-hydrogen) atoms. The first-order chi connectivity index (χ1) is 13.7. The third-order valence-electron chi connectivity index (χ3n) is 3.88. The van der Waals surface area contributed by atoms with Crippen LogP contribution in [0.25, 0.3) is 6.08 Å².